The van der Waals surface area contributed by atoms with Crippen molar-refractivity contribution >= 4 is 5.91 Å². The van der Waals surface area contributed by atoms with Gasteiger partial charge in [0.25, 0.3) is 5.91 Å². The Balaban J connectivity index is 1.34. The number of fused-ring (bicyclic) bond motifs is 2. The number of hydrogen-bond donors (Lipinski definition) is 2. The smallest absolute Gasteiger partial charge is 0.253 e. The van der Waals surface area contributed by atoms with E-state index in [4.69, 9.17) is 0 Å². The van der Waals surface area contributed by atoms with Crippen LogP contribution in [0.4, 0.5) is 4.39 Å². The fourth-order valence-corrected chi connectivity index (χ4v) is 7.01. The first kappa shape index (κ1) is 29.0. The molecule has 11 heteroatoms. The number of nitriles is 1. The van der Waals surface area contributed by atoms with E-state index in [0.29, 0.717) is 56.8 Å². The van der Waals surface area contributed by atoms with E-state index in [1.54, 1.807) is 6.07 Å². The van der Waals surface area contributed by atoms with E-state index in [1.807, 2.05) is 29.2 Å². The fraction of sp³-hybridized carbons (Fsp3) is 0.469. The first-order chi connectivity index (χ1) is 20.9. The lowest BCUT2D eigenvalue weighted by Crippen LogP contribution is -2.47. The summed E-state index contributed by atoms with van der Waals surface area (Å²) in [5.41, 5.74) is 4.66. The van der Waals surface area contributed by atoms with Crippen molar-refractivity contribution in [1.29, 1.82) is 5.26 Å². The number of halogens is 1. The van der Waals surface area contributed by atoms with Crippen LogP contribution in [0.3, 0.4) is 0 Å². The van der Waals surface area contributed by atoms with Gasteiger partial charge in [-0.15, -0.1) is 5.10 Å². The van der Waals surface area contributed by atoms with E-state index in [2.05, 4.69) is 55.4 Å². The topological polar surface area (TPSA) is 117 Å². The number of rotatable bonds is 8. The second-order valence-corrected chi connectivity index (χ2v) is 11.9. The summed E-state index contributed by atoms with van der Waals surface area (Å²) < 4.78 is 14.6. The normalized spacial score (nSPS) is 22.0. The molecule has 43 heavy (non-hydrogen) atoms. The molecule has 2 N–H and O–H groups in total. The number of hydrogen-bond acceptors (Lipinski definition) is 8. The van der Waals surface area contributed by atoms with Gasteiger partial charge in [-0.2, -0.15) is 5.26 Å². The van der Waals surface area contributed by atoms with E-state index in [1.165, 1.54) is 6.07 Å². The maximum atomic E-state index is 14.6. The van der Waals surface area contributed by atoms with Crippen LogP contribution in [0.15, 0.2) is 48.7 Å². The largest absolute Gasteiger partial charge is 0.358 e. The third-order valence-corrected chi connectivity index (χ3v) is 9.36. The molecule has 3 aliphatic rings. The summed E-state index contributed by atoms with van der Waals surface area (Å²) in [7, 11) is 2.07. The molecule has 0 bridgehead atoms. The van der Waals surface area contributed by atoms with Crippen molar-refractivity contribution in [3.63, 3.8) is 0 Å². The molecular weight excluding hydrogens is 545 g/mol. The zero-order chi connectivity index (χ0) is 30.0. The molecule has 1 amide bonds. The minimum atomic E-state index is -0.801. The van der Waals surface area contributed by atoms with Crippen LogP contribution in [-0.4, -0.2) is 100 Å². The number of benzene rings is 2. The van der Waals surface area contributed by atoms with Crippen LogP contribution in [0.2, 0.25) is 0 Å². The second-order valence-electron chi connectivity index (χ2n) is 11.9. The van der Waals surface area contributed by atoms with E-state index in [0.717, 1.165) is 60.4 Å². The number of nitrogens with zero attached hydrogens (tertiary/aromatic N) is 7. The first-order valence-electron chi connectivity index (χ1n) is 15.1. The number of carbonyl (C=O) groups is 1. The highest BCUT2D eigenvalue weighted by Crippen LogP contribution is 2.46. The van der Waals surface area contributed by atoms with Crippen molar-refractivity contribution in [3.8, 4) is 6.07 Å². The standard InChI is InChI=1S/C32H38FN9O/c1-22(42-13-3-4-27(42)20-34)21-35-12-11-32(31-36-38-39-37-31)28-9-7-25(30(43)41-16-14-40(2)15-17-41)18-23(28)5-6-24-19-26(33)8-10-29(24)32/h7-10,18-19,27,35H,1,3-6,11-17,21H2,2H3,(H,36,37,38,39). The second kappa shape index (κ2) is 12.2. The molecule has 3 heterocycles. The Kier molecular flexibility index (Phi) is 8.23. The lowest BCUT2D eigenvalue weighted by atomic mass is 9.69. The minimum absolute atomic E-state index is 0.0356. The molecule has 2 aromatic carbocycles. The third-order valence-electron chi connectivity index (χ3n) is 9.36. The summed E-state index contributed by atoms with van der Waals surface area (Å²) >= 11 is 0. The molecule has 1 aromatic heterocycles. The molecule has 3 aromatic rings. The van der Waals surface area contributed by atoms with Gasteiger partial charge in [0.2, 0.25) is 0 Å². The summed E-state index contributed by atoms with van der Waals surface area (Å²) in [4.78, 5) is 19.8. The molecule has 2 saturated heterocycles. The quantitative estimate of drug-likeness (QED) is 0.389. The van der Waals surface area contributed by atoms with Gasteiger partial charge in [-0.25, -0.2) is 9.49 Å². The number of likely N-dealkylation sites (N-methyl/N-ethyl adjacent to an activating group) is 1. The predicted octanol–water partition coefficient (Wildman–Crippen LogP) is 2.64. The van der Waals surface area contributed by atoms with Gasteiger partial charge >= 0.3 is 0 Å². The predicted molar refractivity (Wildman–Crippen MR) is 160 cm³/mol. The number of likely N-dealkylation sites (tertiary alicyclic amines) is 1. The first-order valence-corrected chi connectivity index (χ1v) is 15.1. The highest BCUT2D eigenvalue weighted by Gasteiger charge is 2.44. The van der Waals surface area contributed by atoms with E-state index in [9.17, 15) is 14.4 Å². The van der Waals surface area contributed by atoms with Crippen LogP contribution >= 0.6 is 0 Å². The van der Waals surface area contributed by atoms with Crippen LogP contribution in [0, 0.1) is 17.1 Å². The summed E-state index contributed by atoms with van der Waals surface area (Å²) in [6.07, 6.45) is 3.72. The number of nitrogens with one attached hydrogen (secondary N) is 2. The Hall–Kier alpha value is -4.14. The Morgan fingerprint density at radius 1 is 1.14 bits per heavy atom. The lowest BCUT2D eigenvalue weighted by molar-refractivity contribution is 0.0664. The van der Waals surface area contributed by atoms with Crippen molar-refractivity contribution in [2.24, 2.45) is 0 Å². The van der Waals surface area contributed by atoms with Crippen LogP contribution in [0.1, 0.15) is 57.7 Å². The van der Waals surface area contributed by atoms with Gasteiger partial charge in [0.15, 0.2) is 5.82 Å². The van der Waals surface area contributed by atoms with Gasteiger partial charge < -0.3 is 20.0 Å². The Morgan fingerprint density at radius 2 is 1.88 bits per heavy atom. The third kappa shape index (κ3) is 5.53. The molecule has 6 rings (SSSR count). The van der Waals surface area contributed by atoms with Crippen LogP contribution < -0.4 is 5.32 Å². The Bertz CT molecular complexity index is 1530. The van der Waals surface area contributed by atoms with Crippen molar-refractivity contribution in [2.45, 2.75) is 43.6 Å². The van der Waals surface area contributed by atoms with E-state index < -0.39 is 5.41 Å². The fourth-order valence-electron chi connectivity index (χ4n) is 7.01. The summed E-state index contributed by atoms with van der Waals surface area (Å²) in [5.74, 6) is 0.326. The zero-order valence-corrected chi connectivity index (χ0v) is 24.7. The highest BCUT2D eigenvalue weighted by molar-refractivity contribution is 5.94. The average molecular weight is 584 g/mol. The molecule has 2 aliphatic heterocycles. The van der Waals surface area contributed by atoms with Gasteiger partial charge in [-0.1, -0.05) is 18.7 Å². The van der Waals surface area contributed by atoms with Crippen molar-refractivity contribution < 1.29 is 9.18 Å². The average Bonchev–Trinajstić information content (AvgIpc) is 3.72. The summed E-state index contributed by atoms with van der Waals surface area (Å²) in [6, 6.07) is 13.2. The van der Waals surface area contributed by atoms with Gasteiger partial charge in [0.1, 0.15) is 11.9 Å². The van der Waals surface area contributed by atoms with Gasteiger partial charge in [0.05, 0.1) is 11.5 Å². The minimum Gasteiger partial charge on any atom is -0.358 e. The van der Waals surface area contributed by atoms with E-state index in [-0.39, 0.29) is 17.8 Å². The van der Waals surface area contributed by atoms with Crippen molar-refractivity contribution in [3.05, 3.63) is 88.1 Å². The number of carbonyl (C=O) groups excluding carboxylic acids is 1. The van der Waals surface area contributed by atoms with Crippen LogP contribution in [0.25, 0.3) is 0 Å². The van der Waals surface area contributed by atoms with Crippen LogP contribution in [-0.2, 0) is 18.3 Å². The number of piperazine rings is 1. The number of tetrazole rings is 1. The molecular formula is C32H38FN9O. The molecule has 1 aliphatic carbocycles. The molecule has 10 nitrogen and oxygen atoms in total. The van der Waals surface area contributed by atoms with Gasteiger partial charge in [0, 0.05) is 50.5 Å². The molecule has 0 radical (unpaired) electrons. The number of amides is 1. The SMILES string of the molecule is C=C(CNCCC1(c2nnn[nH]2)c2ccc(F)cc2CCc2cc(C(=O)N3CCN(C)CC3)ccc21)N1CCCC1C#N. The number of aryl methyl sites for hydroxylation is 2. The maximum Gasteiger partial charge on any atom is 0.253 e. The van der Waals surface area contributed by atoms with Crippen LogP contribution in [0.5, 0.6) is 0 Å². The number of H-pyrrole nitrogens is 1. The molecule has 2 atom stereocenters. The van der Waals surface area contributed by atoms with Gasteiger partial charge in [-0.05, 0) is 103 Å². The van der Waals surface area contributed by atoms with Crippen molar-refractivity contribution in [2.75, 3.05) is 52.9 Å². The molecule has 0 saturated carbocycles. The van der Waals surface area contributed by atoms with E-state index >= 15 is 0 Å². The molecule has 2 fully saturated rings. The van der Waals surface area contributed by atoms with Gasteiger partial charge in [-0.3, -0.25) is 4.79 Å². The molecule has 224 valence electrons. The zero-order valence-electron chi connectivity index (χ0n) is 24.7. The lowest BCUT2D eigenvalue weighted by Gasteiger charge is -2.35. The highest BCUT2D eigenvalue weighted by atomic mass is 19.1. The van der Waals surface area contributed by atoms with Crippen molar-refractivity contribution in [1.82, 2.24) is 40.6 Å². The maximum absolute atomic E-state index is 14.6. The number of aromatic amines is 1. The summed E-state index contributed by atoms with van der Waals surface area (Å²) in [6.45, 7) is 9.33. The molecule has 2 unspecified atom stereocenters. The number of aromatic nitrogens is 4. The monoisotopic (exact) mass is 583 g/mol. The summed E-state index contributed by atoms with van der Waals surface area (Å²) in [5, 5.41) is 28.4. The Labute approximate surface area is 251 Å². The molecule has 0 spiro atoms. The Morgan fingerprint density at radius 3 is 2.60 bits per heavy atom.